The van der Waals surface area contributed by atoms with E-state index in [1.54, 1.807) is 30.6 Å². The molecule has 0 fully saturated rings. The SMILES string of the molecule is Nc1nc2ccccc2n1Cc1cncc(-c2ccc(=O)n(Cc3cccc(C(=O)O)c3)n2)c1. The van der Waals surface area contributed by atoms with Crippen molar-refractivity contribution in [3.8, 4) is 11.3 Å². The summed E-state index contributed by atoms with van der Waals surface area (Å²) in [5.41, 5.74) is 10.7. The van der Waals surface area contributed by atoms with Crippen LogP contribution in [0.3, 0.4) is 0 Å². The maximum atomic E-state index is 12.4. The van der Waals surface area contributed by atoms with Crippen molar-refractivity contribution in [2.45, 2.75) is 13.1 Å². The fourth-order valence-corrected chi connectivity index (χ4v) is 3.85. The summed E-state index contributed by atoms with van der Waals surface area (Å²) in [5, 5.41) is 13.7. The molecule has 0 amide bonds. The van der Waals surface area contributed by atoms with Crippen LogP contribution in [0, 0.1) is 0 Å². The van der Waals surface area contributed by atoms with Crippen molar-refractivity contribution in [1.82, 2.24) is 24.3 Å². The van der Waals surface area contributed by atoms with Crippen molar-refractivity contribution in [2.24, 2.45) is 0 Å². The standard InChI is InChI=1S/C25H20N6O3/c26-25-28-21-6-1-2-7-22(21)30(25)14-17-11-19(13-27-12-17)20-8-9-23(32)31(29-20)15-16-4-3-5-18(10-16)24(33)34/h1-13H,14-15H2,(H2,26,28)(H,33,34). The van der Waals surface area contributed by atoms with Gasteiger partial charge in [-0.1, -0.05) is 24.3 Å². The molecule has 9 nitrogen and oxygen atoms in total. The first-order valence-electron chi connectivity index (χ1n) is 10.5. The predicted molar refractivity (Wildman–Crippen MR) is 127 cm³/mol. The molecule has 0 spiro atoms. The number of aromatic carboxylic acids is 1. The maximum absolute atomic E-state index is 12.4. The largest absolute Gasteiger partial charge is 0.478 e. The number of carboxylic acid groups (broad SMARTS) is 1. The summed E-state index contributed by atoms with van der Waals surface area (Å²) in [7, 11) is 0. The van der Waals surface area contributed by atoms with Crippen LogP contribution in [0.25, 0.3) is 22.3 Å². The third kappa shape index (κ3) is 4.14. The molecule has 0 saturated carbocycles. The number of nitrogen functional groups attached to an aromatic ring is 1. The van der Waals surface area contributed by atoms with Gasteiger partial charge in [0.2, 0.25) is 5.95 Å². The van der Waals surface area contributed by atoms with Gasteiger partial charge in [0, 0.05) is 24.0 Å². The van der Waals surface area contributed by atoms with Gasteiger partial charge in [-0.3, -0.25) is 9.78 Å². The van der Waals surface area contributed by atoms with Gasteiger partial charge in [-0.05, 0) is 47.5 Å². The van der Waals surface area contributed by atoms with E-state index < -0.39 is 5.97 Å². The minimum absolute atomic E-state index is 0.151. The van der Waals surface area contributed by atoms with E-state index in [1.807, 2.05) is 34.9 Å². The van der Waals surface area contributed by atoms with Crippen molar-refractivity contribution in [2.75, 3.05) is 5.73 Å². The van der Waals surface area contributed by atoms with E-state index in [9.17, 15) is 14.7 Å². The number of anilines is 1. The lowest BCUT2D eigenvalue weighted by molar-refractivity contribution is 0.0696. The minimum atomic E-state index is -1.02. The minimum Gasteiger partial charge on any atom is -0.478 e. The number of carboxylic acids is 1. The number of para-hydroxylation sites is 2. The number of nitrogens with two attached hydrogens (primary N) is 1. The van der Waals surface area contributed by atoms with Crippen molar-refractivity contribution < 1.29 is 9.90 Å². The first-order valence-corrected chi connectivity index (χ1v) is 10.5. The van der Waals surface area contributed by atoms with Crippen molar-refractivity contribution >= 4 is 23.0 Å². The molecule has 2 aromatic carbocycles. The second kappa shape index (κ2) is 8.62. The quantitative estimate of drug-likeness (QED) is 0.405. The Balaban J connectivity index is 1.45. The number of hydrogen-bond acceptors (Lipinski definition) is 6. The van der Waals surface area contributed by atoms with Gasteiger partial charge in [0.1, 0.15) is 0 Å². The van der Waals surface area contributed by atoms with Crippen LogP contribution < -0.4 is 11.3 Å². The molecular formula is C25H20N6O3. The summed E-state index contributed by atoms with van der Waals surface area (Å²) in [5.74, 6) is -0.605. The molecule has 0 aliphatic heterocycles. The predicted octanol–water partition coefficient (Wildman–Crippen LogP) is 3.03. The fourth-order valence-electron chi connectivity index (χ4n) is 3.85. The van der Waals surface area contributed by atoms with Crippen LogP contribution in [0.2, 0.25) is 0 Å². The summed E-state index contributed by atoms with van der Waals surface area (Å²) >= 11 is 0. The molecule has 3 aromatic heterocycles. The first kappa shape index (κ1) is 21.1. The molecule has 34 heavy (non-hydrogen) atoms. The number of imidazole rings is 1. The van der Waals surface area contributed by atoms with E-state index in [-0.39, 0.29) is 17.7 Å². The van der Waals surface area contributed by atoms with Gasteiger partial charge in [0.05, 0.1) is 35.4 Å². The molecule has 0 atom stereocenters. The summed E-state index contributed by atoms with van der Waals surface area (Å²) in [6.45, 7) is 0.632. The highest BCUT2D eigenvalue weighted by molar-refractivity contribution is 5.87. The Kier molecular flexibility index (Phi) is 5.35. The Bertz CT molecular complexity index is 1590. The summed E-state index contributed by atoms with van der Waals surface area (Å²) in [4.78, 5) is 32.4. The Morgan fingerprint density at radius 1 is 0.941 bits per heavy atom. The van der Waals surface area contributed by atoms with E-state index >= 15 is 0 Å². The topological polar surface area (TPSA) is 129 Å². The monoisotopic (exact) mass is 452 g/mol. The van der Waals surface area contributed by atoms with Crippen LogP contribution in [0.5, 0.6) is 0 Å². The van der Waals surface area contributed by atoms with Gasteiger partial charge in [-0.25, -0.2) is 14.5 Å². The normalized spacial score (nSPS) is 11.1. The van der Waals surface area contributed by atoms with Gasteiger partial charge in [-0.2, -0.15) is 5.10 Å². The van der Waals surface area contributed by atoms with E-state index in [2.05, 4.69) is 15.1 Å². The van der Waals surface area contributed by atoms with Gasteiger partial charge in [0.25, 0.3) is 5.56 Å². The molecule has 5 rings (SSSR count). The van der Waals surface area contributed by atoms with Gasteiger partial charge < -0.3 is 15.4 Å². The van der Waals surface area contributed by atoms with Crippen LogP contribution in [-0.4, -0.2) is 35.4 Å². The Hall–Kier alpha value is -4.79. The number of fused-ring (bicyclic) bond motifs is 1. The lowest BCUT2D eigenvalue weighted by Gasteiger charge is -2.10. The number of benzene rings is 2. The van der Waals surface area contributed by atoms with Crippen molar-refractivity contribution in [3.05, 3.63) is 106 Å². The maximum Gasteiger partial charge on any atom is 0.335 e. The van der Waals surface area contributed by atoms with Crippen LogP contribution in [-0.2, 0) is 13.1 Å². The molecule has 3 heterocycles. The zero-order valence-corrected chi connectivity index (χ0v) is 18.0. The summed E-state index contributed by atoms with van der Waals surface area (Å²) in [6.07, 6.45) is 3.44. The van der Waals surface area contributed by atoms with E-state index in [0.29, 0.717) is 23.8 Å². The lowest BCUT2D eigenvalue weighted by Crippen LogP contribution is -2.23. The fraction of sp³-hybridized carbons (Fsp3) is 0.0800. The molecule has 3 N–H and O–H groups in total. The molecule has 0 saturated heterocycles. The van der Waals surface area contributed by atoms with Crippen LogP contribution >= 0.6 is 0 Å². The smallest absolute Gasteiger partial charge is 0.335 e. The Morgan fingerprint density at radius 2 is 1.79 bits per heavy atom. The molecule has 9 heteroatoms. The highest BCUT2D eigenvalue weighted by Gasteiger charge is 2.11. The first-order chi connectivity index (χ1) is 16.5. The molecule has 0 aliphatic rings. The number of hydrogen-bond donors (Lipinski definition) is 2. The third-order valence-corrected chi connectivity index (χ3v) is 5.49. The third-order valence-electron chi connectivity index (χ3n) is 5.49. The number of aromatic nitrogens is 5. The highest BCUT2D eigenvalue weighted by atomic mass is 16.4. The molecule has 5 aromatic rings. The van der Waals surface area contributed by atoms with Crippen LogP contribution in [0.15, 0.2) is 83.9 Å². The molecule has 0 radical (unpaired) electrons. The van der Waals surface area contributed by atoms with Crippen LogP contribution in [0.4, 0.5) is 5.95 Å². The van der Waals surface area contributed by atoms with E-state index in [4.69, 9.17) is 5.73 Å². The average molecular weight is 452 g/mol. The molecule has 0 aliphatic carbocycles. The van der Waals surface area contributed by atoms with Crippen molar-refractivity contribution in [3.63, 3.8) is 0 Å². The second-order valence-corrected chi connectivity index (χ2v) is 7.85. The van der Waals surface area contributed by atoms with Gasteiger partial charge in [0.15, 0.2) is 0 Å². The summed E-state index contributed by atoms with van der Waals surface area (Å²) < 4.78 is 3.23. The van der Waals surface area contributed by atoms with E-state index in [1.165, 1.54) is 22.9 Å². The number of nitrogens with zero attached hydrogens (tertiary/aromatic N) is 5. The van der Waals surface area contributed by atoms with Crippen molar-refractivity contribution in [1.29, 1.82) is 0 Å². The second-order valence-electron chi connectivity index (χ2n) is 7.85. The van der Waals surface area contributed by atoms with Crippen LogP contribution in [0.1, 0.15) is 21.5 Å². The summed E-state index contributed by atoms with van der Waals surface area (Å²) in [6, 6.07) is 19.2. The number of rotatable bonds is 6. The highest BCUT2D eigenvalue weighted by Crippen LogP contribution is 2.21. The number of carbonyl (C=O) groups is 1. The van der Waals surface area contributed by atoms with Gasteiger partial charge in [-0.15, -0.1) is 0 Å². The molecular weight excluding hydrogens is 432 g/mol. The van der Waals surface area contributed by atoms with Gasteiger partial charge >= 0.3 is 5.97 Å². The Morgan fingerprint density at radius 3 is 2.65 bits per heavy atom. The molecule has 0 unspecified atom stereocenters. The Labute approximate surface area is 193 Å². The number of pyridine rings is 1. The molecule has 168 valence electrons. The zero-order chi connectivity index (χ0) is 23.7. The molecule has 0 bridgehead atoms. The average Bonchev–Trinajstić information content (AvgIpc) is 3.16. The zero-order valence-electron chi connectivity index (χ0n) is 18.0. The lowest BCUT2D eigenvalue weighted by atomic mass is 10.1. The van der Waals surface area contributed by atoms with E-state index in [0.717, 1.165) is 22.2 Å².